The fraction of sp³-hybridized carbons (Fsp3) is 0.417. The van der Waals surface area contributed by atoms with Crippen molar-refractivity contribution in [2.24, 2.45) is 0 Å². The molecule has 0 amide bonds. The molecule has 1 aromatic rings. The molecule has 0 bridgehead atoms. The molecule has 1 N–H and O–H groups in total. The van der Waals surface area contributed by atoms with Gasteiger partial charge in [-0.05, 0) is 19.0 Å². The van der Waals surface area contributed by atoms with Crippen molar-refractivity contribution in [3.8, 4) is 5.75 Å². The van der Waals surface area contributed by atoms with Crippen LogP contribution in [0.25, 0.3) is 0 Å². The average Bonchev–Trinajstić information content (AvgIpc) is 2.30. The molecular weight excluding hydrogens is 226 g/mol. The second-order valence-corrected chi connectivity index (χ2v) is 3.70. The molecule has 1 unspecified atom stereocenters. The van der Waals surface area contributed by atoms with E-state index in [0.29, 0.717) is 6.42 Å². The summed E-state index contributed by atoms with van der Waals surface area (Å²) in [6, 6.07) is 7.49. The highest BCUT2D eigenvalue weighted by molar-refractivity contribution is 5.86. The zero-order valence-corrected chi connectivity index (χ0v) is 10.0. The van der Waals surface area contributed by atoms with Crippen LogP contribution in [0, 0.1) is 0 Å². The minimum absolute atomic E-state index is 0. The Kier molecular flexibility index (Phi) is 4.77. The van der Waals surface area contributed by atoms with Gasteiger partial charge in [0.05, 0.1) is 13.2 Å². The van der Waals surface area contributed by atoms with Crippen LogP contribution in [0.3, 0.4) is 0 Å². The molecule has 1 heterocycles. The summed E-state index contributed by atoms with van der Waals surface area (Å²) >= 11 is 0. The number of hydrogen-bond acceptors (Lipinski definition) is 3. The van der Waals surface area contributed by atoms with Gasteiger partial charge >= 0.3 is 0 Å². The Labute approximate surface area is 102 Å². The smallest absolute Gasteiger partial charge is 0.154 e. The monoisotopic (exact) mass is 241 g/mol. The number of benzene rings is 1. The highest BCUT2D eigenvalue weighted by Crippen LogP contribution is 2.27. The number of nitrogens with one attached hydrogen (secondary N) is 1. The molecule has 4 heteroatoms. The van der Waals surface area contributed by atoms with Gasteiger partial charge in [-0.2, -0.15) is 0 Å². The van der Waals surface area contributed by atoms with Gasteiger partial charge in [-0.15, -0.1) is 12.4 Å². The van der Waals surface area contributed by atoms with Gasteiger partial charge in [0, 0.05) is 12.0 Å². The van der Waals surface area contributed by atoms with E-state index in [4.69, 9.17) is 4.74 Å². The predicted molar refractivity (Wildman–Crippen MR) is 65.2 cm³/mol. The highest BCUT2D eigenvalue weighted by Gasteiger charge is 2.25. The maximum absolute atomic E-state index is 11.7. The van der Waals surface area contributed by atoms with E-state index in [0.717, 1.165) is 24.3 Å². The summed E-state index contributed by atoms with van der Waals surface area (Å²) < 4.78 is 5.25. The molecule has 88 valence electrons. The van der Waals surface area contributed by atoms with Crippen LogP contribution in [-0.4, -0.2) is 19.4 Å². The SMILES string of the molecule is COc1ccccc1C1NCCCC1=O.Cl. The van der Waals surface area contributed by atoms with E-state index in [9.17, 15) is 4.79 Å². The Balaban J connectivity index is 0.00000128. The fourth-order valence-electron chi connectivity index (χ4n) is 1.96. The Hall–Kier alpha value is -1.06. The molecule has 1 aliphatic heterocycles. The number of piperidine rings is 1. The molecule has 1 aromatic carbocycles. The van der Waals surface area contributed by atoms with Gasteiger partial charge in [0.1, 0.15) is 5.75 Å². The van der Waals surface area contributed by atoms with Crippen molar-refractivity contribution in [2.75, 3.05) is 13.7 Å². The molecule has 0 saturated carbocycles. The topological polar surface area (TPSA) is 38.3 Å². The van der Waals surface area contributed by atoms with Crippen LogP contribution in [0.15, 0.2) is 24.3 Å². The summed E-state index contributed by atoms with van der Waals surface area (Å²) in [4.78, 5) is 11.7. The summed E-state index contributed by atoms with van der Waals surface area (Å²) in [5, 5.41) is 3.23. The molecule has 3 nitrogen and oxygen atoms in total. The first-order valence-corrected chi connectivity index (χ1v) is 5.22. The Morgan fingerprint density at radius 1 is 1.38 bits per heavy atom. The number of ketones is 1. The highest BCUT2D eigenvalue weighted by atomic mass is 35.5. The van der Waals surface area contributed by atoms with Crippen LogP contribution in [0.4, 0.5) is 0 Å². The summed E-state index contributed by atoms with van der Waals surface area (Å²) in [5.74, 6) is 1.04. The molecule has 0 aliphatic carbocycles. The van der Waals surface area contributed by atoms with Crippen LogP contribution >= 0.6 is 12.4 Å². The van der Waals surface area contributed by atoms with E-state index in [1.807, 2.05) is 24.3 Å². The van der Waals surface area contributed by atoms with E-state index in [-0.39, 0.29) is 24.2 Å². The van der Waals surface area contributed by atoms with Crippen molar-refractivity contribution in [1.82, 2.24) is 5.32 Å². The number of carbonyl (C=O) groups is 1. The number of ether oxygens (including phenoxy) is 1. The van der Waals surface area contributed by atoms with Crippen LogP contribution in [0.5, 0.6) is 5.75 Å². The number of rotatable bonds is 2. The third-order valence-electron chi connectivity index (χ3n) is 2.72. The minimum Gasteiger partial charge on any atom is -0.496 e. The van der Waals surface area contributed by atoms with E-state index in [2.05, 4.69) is 5.32 Å². The van der Waals surface area contributed by atoms with Gasteiger partial charge in [-0.3, -0.25) is 4.79 Å². The van der Waals surface area contributed by atoms with E-state index in [1.54, 1.807) is 7.11 Å². The number of Topliss-reactive ketones (excluding diaryl/α,β-unsaturated/α-hetero) is 1. The van der Waals surface area contributed by atoms with Gasteiger partial charge in [0.25, 0.3) is 0 Å². The maximum atomic E-state index is 11.7. The molecular formula is C12H16ClNO2. The normalized spacial score (nSPS) is 20.1. The van der Waals surface area contributed by atoms with Crippen LogP contribution < -0.4 is 10.1 Å². The largest absolute Gasteiger partial charge is 0.496 e. The van der Waals surface area contributed by atoms with Crippen molar-refractivity contribution >= 4 is 18.2 Å². The van der Waals surface area contributed by atoms with Gasteiger partial charge in [0.2, 0.25) is 0 Å². The number of carbonyl (C=O) groups excluding carboxylic acids is 1. The quantitative estimate of drug-likeness (QED) is 0.862. The van der Waals surface area contributed by atoms with Crippen LogP contribution in [-0.2, 0) is 4.79 Å². The second kappa shape index (κ2) is 5.87. The van der Waals surface area contributed by atoms with Crippen molar-refractivity contribution in [1.29, 1.82) is 0 Å². The summed E-state index contributed by atoms with van der Waals surface area (Å²) in [6.07, 6.45) is 1.60. The van der Waals surface area contributed by atoms with Gasteiger partial charge < -0.3 is 10.1 Å². The third-order valence-corrected chi connectivity index (χ3v) is 2.72. The molecule has 16 heavy (non-hydrogen) atoms. The van der Waals surface area contributed by atoms with Crippen molar-refractivity contribution < 1.29 is 9.53 Å². The standard InChI is InChI=1S/C12H15NO2.ClH/c1-15-11-7-3-2-5-9(11)12-10(14)6-4-8-13-12;/h2-3,5,7,12-13H,4,6,8H2,1H3;1H. The molecule has 0 aromatic heterocycles. The first kappa shape index (κ1) is 13.0. The predicted octanol–water partition coefficient (Wildman–Crippen LogP) is 2.11. The first-order chi connectivity index (χ1) is 7.33. The lowest BCUT2D eigenvalue weighted by atomic mass is 9.95. The molecule has 0 radical (unpaired) electrons. The van der Waals surface area contributed by atoms with Gasteiger partial charge in [-0.25, -0.2) is 0 Å². The Bertz CT molecular complexity index is 368. The van der Waals surface area contributed by atoms with Crippen molar-refractivity contribution in [3.63, 3.8) is 0 Å². The number of halogens is 1. The second-order valence-electron chi connectivity index (χ2n) is 3.70. The number of para-hydroxylation sites is 1. The molecule has 1 fully saturated rings. The lowest BCUT2D eigenvalue weighted by molar-refractivity contribution is -0.122. The first-order valence-electron chi connectivity index (χ1n) is 5.22. The molecule has 1 aliphatic rings. The molecule has 0 spiro atoms. The number of hydrogen-bond donors (Lipinski definition) is 1. The Morgan fingerprint density at radius 3 is 2.81 bits per heavy atom. The maximum Gasteiger partial charge on any atom is 0.154 e. The van der Waals surface area contributed by atoms with E-state index < -0.39 is 0 Å². The lowest BCUT2D eigenvalue weighted by Gasteiger charge is -2.23. The van der Waals surface area contributed by atoms with Crippen LogP contribution in [0.2, 0.25) is 0 Å². The molecule has 2 rings (SSSR count). The minimum atomic E-state index is -0.185. The zero-order chi connectivity index (χ0) is 10.7. The Morgan fingerprint density at radius 2 is 2.12 bits per heavy atom. The summed E-state index contributed by atoms with van der Waals surface area (Å²) in [6.45, 7) is 0.897. The lowest BCUT2D eigenvalue weighted by Crippen LogP contribution is -2.34. The summed E-state index contributed by atoms with van der Waals surface area (Å²) in [5.41, 5.74) is 0.949. The third kappa shape index (κ3) is 2.54. The van der Waals surface area contributed by atoms with E-state index in [1.165, 1.54) is 0 Å². The van der Waals surface area contributed by atoms with Crippen molar-refractivity contribution in [3.05, 3.63) is 29.8 Å². The average molecular weight is 242 g/mol. The van der Waals surface area contributed by atoms with Gasteiger partial charge in [0.15, 0.2) is 5.78 Å². The molecule has 1 saturated heterocycles. The van der Waals surface area contributed by atoms with Gasteiger partial charge in [-0.1, -0.05) is 18.2 Å². The summed E-state index contributed by atoms with van der Waals surface area (Å²) in [7, 11) is 1.63. The van der Waals surface area contributed by atoms with E-state index >= 15 is 0 Å². The zero-order valence-electron chi connectivity index (χ0n) is 9.23. The molecule has 1 atom stereocenters. The number of methoxy groups -OCH3 is 1. The van der Waals surface area contributed by atoms with Crippen LogP contribution in [0.1, 0.15) is 24.4 Å². The fourth-order valence-corrected chi connectivity index (χ4v) is 1.96. The van der Waals surface area contributed by atoms with Crippen molar-refractivity contribution in [2.45, 2.75) is 18.9 Å².